The molecule has 7 nitrogen and oxygen atoms in total. The Balaban J connectivity index is 1.42. The Morgan fingerprint density at radius 3 is 3.00 bits per heavy atom. The van der Waals surface area contributed by atoms with Crippen LogP contribution in [0.5, 0.6) is 5.75 Å². The third-order valence-electron chi connectivity index (χ3n) is 8.40. The summed E-state index contributed by atoms with van der Waals surface area (Å²) in [6, 6.07) is 6.60. The molecule has 0 radical (unpaired) electrons. The van der Waals surface area contributed by atoms with E-state index < -0.39 is 0 Å². The summed E-state index contributed by atoms with van der Waals surface area (Å²) < 4.78 is 5.55. The zero-order chi connectivity index (χ0) is 21.2. The second kappa shape index (κ2) is 6.84. The highest BCUT2D eigenvalue weighted by Crippen LogP contribution is 2.62. The maximum absolute atomic E-state index is 12.4. The fourth-order valence-corrected chi connectivity index (χ4v) is 6.93. The molecule has 162 valence electrons. The number of aromatic amines is 2. The van der Waals surface area contributed by atoms with Gasteiger partial charge in [-0.25, -0.2) is 4.98 Å². The number of ether oxygens (including phenoxy) is 1. The molecule has 2 heterocycles. The Morgan fingerprint density at radius 1 is 1.23 bits per heavy atom. The zero-order valence-corrected chi connectivity index (χ0v) is 18.1. The van der Waals surface area contributed by atoms with Gasteiger partial charge in [-0.05, 0) is 78.5 Å². The van der Waals surface area contributed by atoms with Crippen molar-refractivity contribution in [3.63, 3.8) is 0 Å². The molecule has 0 aliphatic heterocycles. The Morgan fingerprint density at radius 2 is 2.13 bits per heavy atom. The fraction of sp³-hybridized carbons (Fsp3) is 0.542. The van der Waals surface area contributed by atoms with Gasteiger partial charge in [0.15, 0.2) is 11.2 Å². The number of hydrogen-bond acceptors (Lipinski definition) is 5. The van der Waals surface area contributed by atoms with Crippen molar-refractivity contribution in [3.8, 4) is 5.75 Å². The summed E-state index contributed by atoms with van der Waals surface area (Å²) in [5.74, 6) is 3.38. The van der Waals surface area contributed by atoms with Crippen molar-refractivity contribution < 1.29 is 4.74 Å². The normalized spacial score (nSPS) is 31.7. The number of aromatic nitrogens is 4. The Kier molecular flexibility index (Phi) is 4.17. The van der Waals surface area contributed by atoms with Gasteiger partial charge < -0.3 is 15.0 Å². The number of benzene rings is 1. The molecule has 0 unspecified atom stereocenters. The molecule has 5 atom stereocenters. The molecule has 2 saturated carbocycles. The summed E-state index contributed by atoms with van der Waals surface area (Å²) in [6.45, 7) is 2.51. The summed E-state index contributed by atoms with van der Waals surface area (Å²) >= 11 is 0. The SMILES string of the molecule is COc1ccc2c(c1)[C@H](Nc1nc3nc[nH]c3c(=O)[nH]1)C[C@@H]1[C@@H]2CC[C@]2(C)CCC[C@@H]12. The van der Waals surface area contributed by atoms with Gasteiger partial charge in [-0.1, -0.05) is 19.4 Å². The van der Waals surface area contributed by atoms with Crippen molar-refractivity contribution in [2.24, 2.45) is 17.3 Å². The van der Waals surface area contributed by atoms with Gasteiger partial charge in [0.05, 0.1) is 19.5 Å². The molecule has 3 aromatic rings. The van der Waals surface area contributed by atoms with Crippen LogP contribution in [0.1, 0.15) is 68.5 Å². The van der Waals surface area contributed by atoms with Gasteiger partial charge in [0, 0.05) is 0 Å². The van der Waals surface area contributed by atoms with Gasteiger partial charge >= 0.3 is 0 Å². The van der Waals surface area contributed by atoms with E-state index in [-0.39, 0.29) is 11.6 Å². The van der Waals surface area contributed by atoms with E-state index >= 15 is 0 Å². The first-order valence-corrected chi connectivity index (χ1v) is 11.4. The van der Waals surface area contributed by atoms with Crippen molar-refractivity contribution in [3.05, 3.63) is 46.0 Å². The molecule has 2 fully saturated rings. The van der Waals surface area contributed by atoms with Gasteiger partial charge in [0.1, 0.15) is 5.75 Å². The number of anilines is 1. The number of fused-ring (bicyclic) bond motifs is 6. The fourth-order valence-electron chi connectivity index (χ4n) is 6.93. The minimum absolute atomic E-state index is 0.0776. The van der Waals surface area contributed by atoms with E-state index in [0.29, 0.717) is 34.4 Å². The first kappa shape index (κ1) is 18.9. The summed E-state index contributed by atoms with van der Waals surface area (Å²) in [4.78, 5) is 26.9. The topological polar surface area (TPSA) is 95.7 Å². The average molecular weight is 420 g/mol. The van der Waals surface area contributed by atoms with E-state index in [1.807, 2.05) is 0 Å². The Hall–Kier alpha value is -2.83. The van der Waals surface area contributed by atoms with Crippen molar-refractivity contribution in [1.82, 2.24) is 19.9 Å². The van der Waals surface area contributed by atoms with Crippen LogP contribution >= 0.6 is 0 Å². The van der Waals surface area contributed by atoms with E-state index in [0.717, 1.165) is 18.1 Å². The largest absolute Gasteiger partial charge is 0.497 e. The first-order valence-electron chi connectivity index (χ1n) is 11.4. The second-order valence-electron chi connectivity index (χ2n) is 9.90. The molecule has 2 aromatic heterocycles. The van der Waals surface area contributed by atoms with Crippen LogP contribution in [0.15, 0.2) is 29.3 Å². The number of methoxy groups -OCH3 is 1. The molecular weight excluding hydrogens is 390 g/mol. The van der Waals surface area contributed by atoms with Crippen LogP contribution in [-0.4, -0.2) is 27.0 Å². The summed E-state index contributed by atoms with van der Waals surface area (Å²) in [7, 11) is 1.71. The molecule has 7 heteroatoms. The van der Waals surface area contributed by atoms with Crippen LogP contribution in [-0.2, 0) is 0 Å². The number of imidazole rings is 1. The summed E-state index contributed by atoms with van der Waals surface area (Å²) in [6.07, 6.45) is 9.19. The highest BCUT2D eigenvalue weighted by molar-refractivity contribution is 5.69. The highest BCUT2D eigenvalue weighted by Gasteiger charge is 2.51. The number of hydrogen-bond donors (Lipinski definition) is 3. The lowest BCUT2D eigenvalue weighted by Gasteiger charge is -2.51. The van der Waals surface area contributed by atoms with E-state index in [9.17, 15) is 4.79 Å². The molecule has 6 rings (SSSR count). The van der Waals surface area contributed by atoms with E-state index in [4.69, 9.17) is 4.74 Å². The molecule has 3 N–H and O–H groups in total. The van der Waals surface area contributed by atoms with Gasteiger partial charge in [-0.15, -0.1) is 0 Å². The molecule has 0 spiro atoms. The third-order valence-corrected chi connectivity index (χ3v) is 8.40. The van der Waals surface area contributed by atoms with Crippen molar-refractivity contribution in [2.75, 3.05) is 12.4 Å². The van der Waals surface area contributed by atoms with Crippen LogP contribution in [0.3, 0.4) is 0 Å². The lowest BCUT2D eigenvalue weighted by atomic mass is 9.55. The third kappa shape index (κ3) is 2.89. The molecule has 3 aliphatic carbocycles. The van der Waals surface area contributed by atoms with E-state index in [1.165, 1.54) is 49.6 Å². The smallest absolute Gasteiger partial charge is 0.278 e. The van der Waals surface area contributed by atoms with Gasteiger partial charge in [0.25, 0.3) is 5.56 Å². The zero-order valence-electron chi connectivity index (χ0n) is 18.1. The Labute approximate surface area is 181 Å². The molecule has 0 bridgehead atoms. The monoisotopic (exact) mass is 419 g/mol. The number of nitrogens with one attached hydrogen (secondary N) is 3. The van der Waals surface area contributed by atoms with Crippen molar-refractivity contribution in [1.29, 1.82) is 0 Å². The highest BCUT2D eigenvalue weighted by atomic mass is 16.5. The second-order valence-corrected chi connectivity index (χ2v) is 9.90. The van der Waals surface area contributed by atoms with Gasteiger partial charge in [-0.2, -0.15) is 4.98 Å². The predicted molar refractivity (Wildman–Crippen MR) is 119 cm³/mol. The quantitative estimate of drug-likeness (QED) is 0.580. The lowest BCUT2D eigenvalue weighted by molar-refractivity contribution is 0.0556. The first-order chi connectivity index (χ1) is 15.1. The van der Waals surface area contributed by atoms with Gasteiger partial charge in [0.2, 0.25) is 5.95 Å². The maximum atomic E-state index is 12.4. The number of rotatable bonds is 3. The molecule has 31 heavy (non-hydrogen) atoms. The predicted octanol–water partition coefficient (Wildman–Crippen LogP) is 4.51. The standard InChI is InChI=1S/C24H29N5O2/c1-24-8-3-4-18(24)16-11-19(27-23-28-21-20(22(30)29-23)25-12-26-21)17-10-13(31-2)5-6-14(17)15(16)7-9-24/h5-6,10,12,15-16,18-19H,3-4,7-9,11H2,1-2H3,(H3,25,26,27,28,29,30)/t15-,16-,18+,19-,24+/m1/s1. The van der Waals surface area contributed by atoms with Gasteiger partial charge in [-0.3, -0.25) is 9.78 Å². The molecular formula is C24H29N5O2. The van der Waals surface area contributed by atoms with E-state index in [1.54, 1.807) is 7.11 Å². The van der Waals surface area contributed by atoms with Crippen molar-refractivity contribution in [2.45, 2.75) is 57.4 Å². The molecule has 3 aliphatic rings. The minimum Gasteiger partial charge on any atom is -0.497 e. The number of nitrogens with zero attached hydrogens (tertiary/aromatic N) is 2. The molecule has 1 aromatic carbocycles. The summed E-state index contributed by atoms with van der Waals surface area (Å²) in [5, 5.41) is 3.56. The summed E-state index contributed by atoms with van der Waals surface area (Å²) in [5.41, 5.74) is 3.83. The van der Waals surface area contributed by atoms with Crippen molar-refractivity contribution >= 4 is 17.1 Å². The van der Waals surface area contributed by atoms with Crippen LogP contribution in [0.2, 0.25) is 0 Å². The van der Waals surface area contributed by atoms with E-state index in [2.05, 4.69) is 50.4 Å². The maximum Gasteiger partial charge on any atom is 0.278 e. The molecule has 0 saturated heterocycles. The molecule has 0 amide bonds. The van der Waals surface area contributed by atoms with Crippen LogP contribution in [0.25, 0.3) is 11.2 Å². The van der Waals surface area contributed by atoms with Crippen LogP contribution in [0, 0.1) is 17.3 Å². The Bertz CT molecular complexity index is 1200. The lowest BCUT2D eigenvalue weighted by Crippen LogP contribution is -2.41. The average Bonchev–Trinajstić information content (AvgIpc) is 3.40. The minimum atomic E-state index is -0.203. The van der Waals surface area contributed by atoms with Crippen LogP contribution < -0.4 is 15.6 Å². The number of H-pyrrole nitrogens is 2. The van der Waals surface area contributed by atoms with Crippen LogP contribution in [0.4, 0.5) is 5.95 Å².